The van der Waals surface area contributed by atoms with Gasteiger partial charge >= 0.3 is 0 Å². The van der Waals surface area contributed by atoms with Gasteiger partial charge in [-0.25, -0.2) is 0 Å². The van der Waals surface area contributed by atoms with Crippen LogP contribution in [0.15, 0.2) is 24.3 Å². The fourth-order valence-corrected chi connectivity index (χ4v) is 0.631. The second kappa shape index (κ2) is 4.38. The fourth-order valence-electron chi connectivity index (χ4n) is 0.631. The number of rotatable bonds is 2. The standard InChI is InChI=1S/C11H20/c1-10(2)8-6-7-9-11(3,4)5/h6-10H,1-5H3. The third-order valence-electron chi connectivity index (χ3n) is 1.20. The molecule has 0 unspecified atom stereocenters. The van der Waals surface area contributed by atoms with E-state index in [9.17, 15) is 0 Å². The molecule has 0 bridgehead atoms. The van der Waals surface area contributed by atoms with Crippen molar-refractivity contribution < 1.29 is 0 Å². The molecule has 0 N–H and O–H groups in total. The topological polar surface area (TPSA) is 0 Å². The summed E-state index contributed by atoms with van der Waals surface area (Å²) in [6.45, 7) is 11.0. The summed E-state index contributed by atoms with van der Waals surface area (Å²) < 4.78 is 0. The Labute approximate surface area is 71.0 Å². The van der Waals surface area contributed by atoms with Gasteiger partial charge in [-0.1, -0.05) is 58.9 Å². The molecular weight excluding hydrogens is 132 g/mol. The van der Waals surface area contributed by atoms with Crippen LogP contribution in [0.1, 0.15) is 34.6 Å². The van der Waals surface area contributed by atoms with E-state index >= 15 is 0 Å². The molecule has 0 aromatic rings. The van der Waals surface area contributed by atoms with E-state index < -0.39 is 0 Å². The van der Waals surface area contributed by atoms with Crippen molar-refractivity contribution in [1.82, 2.24) is 0 Å². The summed E-state index contributed by atoms with van der Waals surface area (Å²) in [4.78, 5) is 0. The molecule has 0 aliphatic carbocycles. The summed E-state index contributed by atoms with van der Waals surface area (Å²) in [5.74, 6) is 0.652. The molecule has 11 heavy (non-hydrogen) atoms. The van der Waals surface area contributed by atoms with E-state index in [1.165, 1.54) is 0 Å². The third-order valence-corrected chi connectivity index (χ3v) is 1.20. The predicted octanol–water partition coefficient (Wildman–Crippen LogP) is 3.80. The Balaban J connectivity index is 3.78. The lowest BCUT2D eigenvalue weighted by Gasteiger charge is -2.09. The Morgan fingerprint density at radius 2 is 1.55 bits per heavy atom. The van der Waals surface area contributed by atoms with Crippen LogP contribution in [0, 0.1) is 11.3 Å². The maximum atomic E-state index is 2.21. The number of allylic oxidation sites excluding steroid dienone is 4. The molecule has 0 aromatic heterocycles. The molecule has 0 spiro atoms. The summed E-state index contributed by atoms with van der Waals surface area (Å²) in [6, 6.07) is 0. The van der Waals surface area contributed by atoms with Gasteiger partial charge in [0.2, 0.25) is 0 Å². The Kier molecular flexibility index (Phi) is 4.17. The second-order valence-corrected chi connectivity index (χ2v) is 4.35. The van der Waals surface area contributed by atoms with Gasteiger partial charge < -0.3 is 0 Å². The zero-order valence-corrected chi connectivity index (χ0v) is 8.39. The highest BCUT2D eigenvalue weighted by Gasteiger charge is 2.01. The van der Waals surface area contributed by atoms with Crippen LogP contribution in [0.2, 0.25) is 0 Å². The van der Waals surface area contributed by atoms with E-state index in [0.717, 1.165) is 0 Å². The van der Waals surface area contributed by atoms with Crippen molar-refractivity contribution in [3.8, 4) is 0 Å². The molecule has 64 valence electrons. The molecule has 0 fully saturated rings. The van der Waals surface area contributed by atoms with Gasteiger partial charge in [-0.15, -0.1) is 0 Å². The van der Waals surface area contributed by atoms with E-state index in [2.05, 4.69) is 58.9 Å². The molecule has 0 radical (unpaired) electrons. The Morgan fingerprint density at radius 1 is 1.00 bits per heavy atom. The summed E-state index contributed by atoms with van der Waals surface area (Å²) in [5.41, 5.74) is 0.307. The van der Waals surface area contributed by atoms with Gasteiger partial charge in [0.05, 0.1) is 0 Å². The largest absolute Gasteiger partial charge is 0.0820 e. The highest BCUT2D eigenvalue weighted by atomic mass is 14.1. The minimum absolute atomic E-state index is 0.307. The van der Waals surface area contributed by atoms with Crippen LogP contribution in [-0.2, 0) is 0 Å². The average Bonchev–Trinajstić information content (AvgIpc) is 1.78. The first-order valence-corrected chi connectivity index (χ1v) is 4.28. The van der Waals surface area contributed by atoms with Gasteiger partial charge in [0, 0.05) is 0 Å². The van der Waals surface area contributed by atoms with Crippen molar-refractivity contribution >= 4 is 0 Å². The maximum absolute atomic E-state index is 2.21. The molecule has 0 aliphatic rings. The molecule has 0 saturated heterocycles. The van der Waals surface area contributed by atoms with Crippen molar-refractivity contribution in [1.29, 1.82) is 0 Å². The maximum Gasteiger partial charge on any atom is -0.0200 e. The highest BCUT2D eigenvalue weighted by Crippen LogP contribution is 2.14. The van der Waals surface area contributed by atoms with Crippen LogP contribution in [-0.4, -0.2) is 0 Å². The van der Waals surface area contributed by atoms with E-state index in [1.807, 2.05) is 0 Å². The van der Waals surface area contributed by atoms with E-state index in [-0.39, 0.29) is 0 Å². The van der Waals surface area contributed by atoms with Crippen molar-refractivity contribution in [2.45, 2.75) is 34.6 Å². The molecular formula is C11H20. The monoisotopic (exact) mass is 152 g/mol. The van der Waals surface area contributed by atoms with Gasteiger partial charge in [0.25, 0.3) is 0 Å². The van der Waals surface area contributed by atoms with Crippen LogP contribution in [0.4, 0.5) is 0 Å². The summed E-state index contributed by atoms with van der Waals surface area (Å²) in [7, 11) is 0. The normalized spacial score (nSPS) is 14.0. The molecule has 0 atom stereocenters. The highest BCUT2D eigenvalue weighted by molar-refractivity contribution is 5.06. The van der Waals surface area contributed by atoms with Crippen molar-refractivity contribution in [3.63, 3.8) is 0 Å². The van der Waals surface area contributed by atoms with Gasteiger partial charge in [-0.3, -0.25) is 0 Å². The lowest BCUT2D eigenvalue weighted by molar-refractivity contribution is 0.544. The smallest absolute Gasteiger partial charge is 0.0200 e. The quantitative estimate of drug-likeness (QED) is 0.528. The molecule has 0 aliphatic heterocycles. The molecule has 0 nitrogen and oxygen atoms in total. The first-order valence-electron chi connectivity index (χ1n) is 4.28. The average molecular weight is 152 g/mol. The number of hydrogen-bond donors (Lipinski definition) is 0. The van der Waals surface area contributed by atoms with Crippen molar-refractivity contribution in [2.75, 3.05) is 0 Å². The number of hydrogen-bond acceptors (Lipinski definition) is 0. The Morgan fingerprint density at radius 3 is 1.91 bits per heavy atom. The molecule has 0 saturated carbocycles. The Bertz CT molecular complexity index is 142. The van der Waals surface area contributed by atoms with Crippen LogP contribution in [0.5, 0.6) is 0 Å². The van der Waals surface area contributed by atoms with E-state index in [4.69, 9.17) is 0 Å². The minimum atomic E-state index is 0.307. The summed E-state index contributed by atoms with van der Waals surface area (Å²) >= 11 is 0. The van der Waals surface area contributed by atoms with Gasteiger partial charge in [0.1, 0.15) is 0 Å². The third kappa shape index (κ3) is 9.48. The SMILES string of the molecule is CC(C)C=CC=CC(C)(C)C. The van der Waals surface area contributed by atoms with Crippen LogP contribution in [0.25, 0.3) is 0 Å². The second-order valence-electron chi connectivity index (χ2n) is 4.35. The molecule has 0 heterocycles. The first kappa shape index (κ1) is 10.5. The summed E-state index contributed by atoms with van der Waals surface area (Å²) in [6.07, 6.45) is 8.66. The lowest BCUT2D eigenvalue weighted by atomic mass is 9.96. The zero-order chi connectivity index (χ0) is 8.91. The molecule has 0 amide bonds. The van der Waals surface area contributed by atoms with Gasteiger partial charge in [-0.2, -0.15) is 0 Å². The van der Waals surface area contributed by atoms with E-state index in [1.54, 1.807) is 0 Å². The van der Waals surface area contributed by atoms with E-state index in [0.29, 0.717) is 11.3 Å². The molecule has 0 heteroatoms. The van der Waals surface area contributed by atoms with Crippen LogP contribution < -0.4 is 0 Å². The molecule has 0 rings (SSSR count). The lowest BCUT2D eigenvalue weighted by Crippen LogP contribution is -1.97. The van der Waals surface area contributed by atoms with Crippen molar-refractivity contribution in [2.24, 2.45) is 11.3 Å². The Hall–Kier alpha value is -0.520. The zero-order valence-electron chi connectivity index (χ0n) is 8.39. The van der Waals surface area contributed by atoms with Gasteiger partial charge in [-0.05, 0) is 11.3 Å². The van der Waals surface area contributed by atoms with Crippen molar-refractivity contribution in [3.05, 3.63) is 24.3 Å². The van der Waals surface area contributed by atoms with Crippen LogP contribution in [0.3, 0.4) is 0 Å². The fraction of sp³-hybridized carbons (Fsp3) is 0.636. The van der Waals surface area contributed by atoms with Gasteiger partial charge in [0.15, 0.2) is 0 Å². The predicted molar refractivity (Wildman–Crippen MR) is 52.6 cm³/mol. The van der Waals surface area contributed by atoms with Crippen LogP contribution >= 0.6 is 0 Å². The molecule has 0 aromatic carbocycles. The summed E-state index contributed by atoms with van der Waals surface area (Å²) in [5, 5.41) is 0. The first-order chi connectivity index (χ1) is 4.92. The minimum Gasteiger partial charge on any atom is -0.0820 e.